The molecule has 0 bridgehead atoms. The van der Waals surface area contributed by atoms with Crippen LogP contribution in [0.4, 0.5) is 0 Å². The number of carbonyl (C=O) groups excluding carboxylic acids is 2. The molecule has 124 valence electrons. The highest BCUT2D eigenvalue weighted by Crippen LogP contribution is 2.21. The average Bonchev–Trinajstić information content (AvgIpc) is 2.53. The fourth-order valence-electron chi connectivity index (χ4n) is 2.19. The van der Waals surface area contributed by atoms with Gasteiger partial charge in [0.2, 0.25) is 5.91 Å². The van der Waals surface area contributed by atoms with Gasteiger partial charge in [0, 0.05) is 13.5 Å². The zero-order valence-corrected chi connectivity index (χ0v) is 13.9. The molecule has 0 aromatic carbocycles. The Morgan fingerprint density at radius 2 is 1.90 bits per heavy atom. The first-order chi connectivity index (χ1) is 10.0. The molecule has 3 N–H and O–H groups in total. The number of ether oxygens (including phenoxy) is 1. The maximum absolute atomic E-state index is 11.5. The first-order valence-corrected chi connectivity index (χ1v) is 7.84. The van der Waals surface area contributed by atoms with Crippen LogP contribution < -0.4 is 11.1 Å². The van der Waals surface area contributed by atoms with Crippen molar-refractivity contribution in [2.24, 2.45) is 11.7 Å². The number of nitrogens with two attached hydrogens (primary N) is 1. The van der Waals surface area contributed by atoms with Crippen LogP contribution in [-0.4, -0.2) is 56.6 Å². The number of nitrogens with zero attached hydrogens (tertiary/aromatic N) is 1. The largest absolute Gasteiger partial charge is 0.463 e. The van der Waals surface area contributed by atoms with E-state index >= 15 is 0 Å². The minimum atomic E-state index is -0.780. The molecule has 1 rings (SSSR count). The zero-order chi connectivity index (χ0) is 16.3. The van der Waals surface area contributed by atoms with Gasteiger partial charge in [0.1, 0.15) is 12.6 Å². The summed E-state index contributed by atoms with van der Waals surface area (Å²) in [5.74, 6) is 0.0257. The van der Waals surface area contributed by atoms with E-state index in [0.717, 1.165) is 32.4 Å². The summed E-state index contributed by atoms with van der Waals surface area (Å²) in [6, 6.07) is -0.780. The Morgan fingerprint density at radius 3 is 2.43 bits per heavy atom. The van der Waals surface area contributed by atoms with Crippen molar-refractivity contribution in [1.29, 1.82) is 0 Å². The average molecular weight is 301 g/mol. The normalized spacial score (nSPS) is 17.4. The van der Waals surface area contributed by atoms with Crippen LogP contribution in [0.1, 0.15) is 39.5 Å². The van der Waals surface area contributed by atoms with Crippen LogP contribution in [0.5, 0.6) is 0 Å². The Hall–Kier alpha value is -1.14. The summed E-state index contributed by atoms with van der Waals surface area (Å²) >= 11 is 0. The molecular formula is C15H31N3O3. The molecule has 0 aromatic rings. The van der Waals surface area contributed by atoms with Crippen LogP contribution in [0.2, 0.25) is 0 Å². The molecule has 1 aliphatic heterocycles. The highest BCUT2D eigenvalue weighted by molar-refractivity contribution is 5.81. The number of hydrogen-bond acceptors (Lipinski definition) is 5. The van der Waals surface area contributed by atoms with E-state index in [9.17, 15) is 9.59 Å². The summed E-state index contributed by atoms with van der Waals surface area (Å²) in [7, 11) is 3.62. The number of likely N-dealkylation sites (N-methyl/N-ethyl adjacent to an activating group) is 1. The Bertz CT molecular complexity index is 303. The van der Waals surface area contributed by atoms with Crippen molar-refractivity contribution < 1.29 is 14.3 Å². The van der Waals surface area contributed by atoms with E-state index in [-0.39, 0.29) is 18.5 Å². The van der Waals surface area contributed by atoms with Crippen molar-refractivity contribution in [3.05, 3.63) is 0 Å². The number of esters is 1. The smallest absolute Gasteiger partial charge is 0.305 e. The topological polar surface area (TPSA) is 84.7 Å². The molecule has 0 spiro atoms. The van der Waals surface area contributed by atoms with E-state index in [0.29, 0.717) is 12.3 Å². The molecular weight excluding hydrogens is 270 g/mol. The maximum atomic E-state index is 11.5. The van der Waals surface area contributed by atoms with Crippen molar-refractivity contribution in [2.45, 2.75) is 45.6 Å². The molecule has 1 heterocycles. The lowest BCUT2D eigenvalue weighted by Crippen LogP contribution is -2.42. The molecule has 0 saturated carbocycles. The summed E-state index contributed by atoms with van der Waals surface area (Å²) in [4.78, 5) is 25.0. The van der Waals surface area contributed by atoms with Crippen LogP contribution in [0.15, 0.2) is 0 Å². The first-order valence-electron chi connectivity index (χ1n) is 7.84. The number of nitrogens with one attached hydrogen (secondary N) is 1. The van der Waals surface area contributed by atoms with Crippen LogP contribution in [0, 0.1) is 5.92 Å². The van der Waals surface area contributed by atoms with Crippen molar-refractivity contribution >= 4 is 11.9 Å². The number of amides is 1. The minimum absolute atomic E-state index is 0.0497. The number of piperidine rings is 1. The number of carbonyl (C=O) groups is 2. The third-order valence-electron chi connectivity index (χ3n) is 3.60. The van der Waals surface area contributed by atoms with Gasteiger partial charge >= 0.3 is 5.97 Å². The van der Waals surface area contributed by atoms with Gasteiger partial charge in [-0.25, -0.2) is 0 Å². The van der Waals surface area contributed by atoms with Gasteiger partial charge in [-0.2, -0.15) is 0 Å². The summed E-state index contributed by atoms with van der Waals surface area (Å²) < 4.78 is 5.00. The Morgan fingerprint density at radius 1 is 1.33 bits per heavy atom. The number of likely N-dealkylation sites (tertiary alicyclic amines) is 1. The molecule has 0 radical (unpaired) electrons. The second-order valence-electron chi connectivity index (χ2n) is 5.19. The van der Waals surface area contributed by atoms with Crippen LogP contribution in [-0.2, 0) is 14.3 Å². The molecule has 1 fully saturated rings. The molecule has 0 aliphatic carbocycles. The van der Waals surface area contributed by atoms with Gasteiger partial charge in [0.05, 0.1) is 0 Å². The van der Waals surface area contributed by atoms with Gasteiger partial charge in [-0.1, -0.05) is 13.8 Å². The maximum Gasteiger partial charge on any atom is 0.305 e. The molecule has 1 unspecified atom stereocenters. The van der Waals surface area contributed by atoms with E-state index in [1.807, 2.05) is 13.8 Å². The molecule has 6 nitrogen and oxygen atoms in total. The van der Waals surface area contributed by atoms with Crippen molar-refractivity contribution in [3.8, 4) is 0 Å². The third-order valence-corrected chi connectivity index (χ3v) is 3.60. The van der Waals surface area contributed by atoms with Crippen LogP contribution in [0.3, 0.4) is 0 Å². The van der Waals surface area contributed by atoms with E-state index < -0.39 is 6.04 Å². The lowest BCUT2D eigenvalue weighted by atomic mass is 9.92. The van der Waals surface area contributed by atoms with Gasteiger partial charge in [-0.15, -0.1) is 0 Å². The highest BCUT2D eigenvalue weighted by Gasteiger charge is 2.19. The van der Waals surface area contributed by atoms with Crippen molar-refractivity contribution in [3.63, 3.8) is 0 Å². The van der Waals surface area contributed by atoms with Crippen molar-refractivity contribution in [2.75, 3.05) is 33.8 Å². The molecule has 0 aromatic heterocycles. The lowest BCUT2D eigenvalue weighted by Gasteiger charge is -2.28. The first kappa shape index (κ1) is 19.9. The zero-order valence-electron chi connectivity index (χ0n) is 13.9. The number of rotatable bonds is 6. The summed E-state index contributed by atoms with van der Waals surface area (Å²) in [5.41, 5.74) is 5.54. The molecule has 1 saturated heterocycles. The molecule has 21 heavy (non-hydrogen) atoms. The predicted molar refractivity (Wildman–Crippen MR) is 83.8 cm³/mol. The van der Waals surface area contributed by atoms with Crippen LogP contribution >= 0.6 is 0 Å². The second-order valence-corrected chi connectivity index (χ2v) is 5.19. The standard InChI is InChI=1S/C13H25N3O3.C2H6/c1-15-13(18)11(14)9-19-12(17)4-3-10-5-7-16(2)8-6-10;1-2/h10-11H,3-9,14H2,1-2H3,(H,15,18);1-2H3. The highest BCUT2D eigenvalue weighted by atomic mass is 16.5. The molecule has 1 amide bonds. The SMILES string of the molecule is CC.CNC(=O)C(N)COC(=O)CCC1CCN(C)CC1. The lowest BCUT2D eigenvalue weighted by molar-refractivity contribution is -0.145. The van der Waals surface area contributed by atoms with E-state index in [4.69, 9.17) is 10.5 Å². The predicted octanol–water partition coefficient (Wildman–Crippen LogP) is 0.751. The fourth-order valence-corrected chi connectivity index (χ4v) is 2.19. The van der Waals surface area contributed by atoms with Gasteiger partial charge in [-0.3, -0.25) is 9.59 Å². The Kier molecular flexibility index (Phi) is 10.9. The van der Waals surface area contributed by atoms with Crippen LogP contribution in [0.25, 0.3) is 0 Å². The number of hydrogen-bond donors (Lipinski definition) is 2. The van der Waals surface area contributed by atoms with Crippen molar-refractivity contribution in [1.82, 2.24) is 10.2 Å². The summed E-state index contributed by atoms with van der Waals surface area (Å²) in [5, 5.41) is 2.42. The summed E-state index contributed by atoms with van der Waals surface area (Å²) in [6.07, 6.45) is 3.56. The molecule has 6 heteroatoms. The Labute approximate surface area is 128 Å². The van der Waals surface area contributed by atoms with Gasteiger partial charge in [0.15, 0.2) is 0 Å². The van der Waals surface area contributed by atoms with Gasteiger partial charge in [-0.05, 0) is 45.3 Å². The fraction of sp³-hybridized carbons (Fsp3) is 0.867. The van der Waals surface area contributed by atoms with E-state index in [2.05, 4.69) is 17.3 Å². The quantitative estimate of drug-likeness (QED) is 0.707. The summed E-state index contributed by atoms with van der Waals surface area (Å²) in [6.45, 7) is 6.15. The second kappa shape index (κ2) is 11.5. The molecule has 1 atom stereocenters. The third kappa shape index (κ3) is 8.67. The molecule has 1 aliphatic rings. The van der Waals surface area contributed by atoms with E-state index in [1.54, 1.807) is 0 Å². The minimum Gasteiger partial charge on any atom is -0.463 e. The van der Waals surface area contributed by atoms with E-state index in [1.165, 1.54) is 7.05 Å². The van der Waals surface area contributed by atoms with Gasteiger partial charge in [0.25, 0.3) is 0 Å². The Balaban J connectivity index is 0.00000191. The monoisotopic (exact) mass is 301 g/mol. The van der Waals surface area contributed by atoms with Gasteiger partial charge < -0.3 is 20.7 Å².